The molecule has 0 aliphatic rings. The number of rotatable bonds is 18. The van der Waals surface area contributed by atoms with Gasteiger partial charge in [-0.2, -0.15) is 5.26 Å². The molecule has 1 unspecified atom stereocenters. The number of esters is 3. The second-order valence-electron chi connectivity index (χ2n) is 14.2. The Morgan fingerprint density at radius 2 is 1.38 bits per heavy atom. The summed E-state index contributed by atoms with van der Waals surface area (Å²) < 4.78 is 15.9. The Morgan fingerprint density at radius 1 is 0.740 bits per heavy atom. The van der Waals surface area contributed by atoms with Crippen molar-refractivity contribution in [3.05, 3.63) is 88.5 Å². The number of anilines is 3. The van der Waals surface area contributed by atoms with Crippen LogP contribution in [0.2, 0.25) is 0 Å². The number of hydrogen-bond acceptors (Lipinski definition) is 8. The first-order valence-corrected chi connectivity index (χ1v) is 17.6. The number of hydrogen-bond donors (Lipinski definition) is 0. The number of benzene rings is 3. The predicted molar refractivity (Wildman–Crippen MR) is 198 cm³/mol. The molecule has 0 bridgehead atoms. The molecule has 0 saturated carbocycles. The van der Waals surface area contributed by atoms with Crippen LogP contribution in [-0.2, 0) is 35.0 Å². The van der Waals surface area contributed by atoms with Crippen molar-refractivity contribution in [1.82, 2.24) is 0 Å². The van der Waals surface area contributed by atoms with Gasteiger partial charge in [-0.15, -0.1) is 0 Å². The van der Waals surface area contributed by atoms with Crippen molar-refractivity contribution in [3.63, 3.8) is 0 Å². The molecular formula is C42H54N2O6. The topological polar surface area (TPSA) is 106 Å². The lowest BCUT2D eigenvalue weighted by atomic mass is 9.72. The molecule has 0 aliphatic heterocycles. The minimum atomic E-state index is -0.908. The second-order valence-corrected chi connectivity index (χ2v) is 14.2. The van der Waals surface area contributed by atoms with E-state index in [-0.39, 0.29) is 50.8 Å². The average Bonchev–Trinajstić information content (AvgIpc) is 3.08. The Morgan fingerprint density at radius 3 is 1.98 bits per heavy atom. The van der Waals surface area contributed by atoms with Gasteiger partial charge in [-0.3, -0.25) is 14.4 Å². The van der Waals surface area contributed by atoms with Gasteiger partial charge in [-0.05, 0) is 127 Å². The summed E-state index contributed by atoms with van der Waals surface area (Å²) in [6.07, 6.45) is 2.92. The van der Waals surface area contributed by atoms with Gasteiger partial charge in [0.15, 0.2) is 0 Å². The van der Waals surface area contributed by atoms with E-state index in [4.69, 9.17) is 14.2 Å². The fraction of sp³-hybridized carbons (Fsp3) is 0.476. The molecule has 1 atom stereocenters. The van der Waals surface area contributed by atoms with E-state index in [0.717, 1.165) is 35.5 Å². The Bertz CT molecular complexity index is 1660. The fourth-order valence-electron chi connectivity index (χ4n) is 5.98. The van der Waals surface area contributed by atoms with Crippen molar-refractivity contribution in [2.75, 3.05) is 24.7 Å². The average molecular weight is 683 g/mol. The van der Waals surface area contributed by atoms with Crippen LogP contribution in [0.1, 0.15) is 94.0 Å². The molecule has 3 aromatic carbocycles. The molecule has 0 N–H and O–H groups in total. The largest absolute Gasteiger partial charge is 0.465 e. The van der Waals surface area contributed by atoms with Gasteiger partial charge in [0, 0.05) is 29.9 Å². The third-order valence-corrected chi connectivity index (χ3v) is 9.03. The Balaban J connectivity index is 1.47. The first-order chi connectivity index (χ1) is 23.7. The standard InChI is InChI=1S/C42H54N2O6/c1-9-10-23-50-40(47)41(6,7)28-42(8,29-43)22-21-39(46)49-25-24-48-38(45)20-15-34-13-17-35(18-14-34)44(36-16-12-31(3)32(4)27-36)37-19-11-30(2)26-33(37)5/h11-14,16-19,26-27H,9-10,15,20-25,28H2,1-8H3. The molecule has 0 heterocycles. The summed E-state index contributed by atoms with van der Waals surface area (Å²) in [6, 6.07) is 23.4. The molecule has 268 valence electrons. The van der Waals surface area contributed by atoms with Crippen molar-refractivity contribution in [2.45, 2.75) is 100 Å². The summed E-state index contributed by atoms with van der Waals surface area (Å²) in [6.45, 7) is 16.0. The monoisotopic (exact) mass is 682 g/mol. The van der Waals surface area contributed by atoms with Crippen LogP contribution in [0.15, 0.2) is 60.7 Å². The summed E-state index contributed by atoms with van der Waals surface area (Å²) in [7, 11) is 0. The molecule has 0 saturated heterocycles. The molecular weight excluding hydrogens is 628 g/mol. The third kappa shape index (κ3) is 11.8. The van der Waals surface area contributed by atoms with Crippen LogP contribution in [0.3, 0.4) is 0 Å². The van der Waals surface area contributed by atoms with Gasteiger partial charge in [-0.25, -0.2) is 0 Å². The maximum absolute atomic E-state index is 12.5. The van der Waals surface area contributed by atoms with Crippen LogP contribution in [0.5, 0.6) is 0 Å². The van der Waals surface area contributed by atoms with Crippen molar-refractivity contribution in [2.24, 2.45) is 10.8 Å². The number of carbonyl (C=O) groups excluding carboxylic acids is 3. The summed E-state index contributed by atoms with van der Waals surface area (Å²) in [5.41, 5.74) is 7.32. The van der Waals surface area contributed by atoms with Crippen LogP contribution in [-0.4, -0.2) is 37.7 Å². The summed E-state index contributed by atoms with van der Waals surface area (Å²) in [5, 5.41) is 9.82. The zero-order valence-electron chi connectivity index (χ0n) is 31.2. The van der Waals surface area contributed by atoms with E-state index in [0.29, 0.717) is 13.0 Å². The van der Waals surface area contributed by atoms with Gasteiger partial charge >= 0.3 is 17.9 Å². The van der Waals surface area contributed by atoms with Crippen LogP contribution >= 0.6 is 0 Å². The number of carbonyl (C=O) groups is 3. The van der Waals surface area contributed by atoms with E-state index < -0.39 is 16.8 Å². The van der Waals surface area contributed by atoms with Gasteiger partial charge in [0.25, 0.3) is 0 Å². The molecule has 3 rings (SSSR count). The number of aryl methyl sites for hydroxylation is 5. The first-order valence-electron chi connectivity index (χ1n) is 17.6. The molecule has 0 amide bonds. The highest BCUT2D eigenvalue weighted by Gasteiger charge is 2.39. The van der Waals surface area contributed by atoms with Crippen LogP contribution in [0, 0.1) is 49.9 Å². The van der Waals surface area contributed by atoms with E-state index in [1.807, 2.05) is 19.1 Å². The highest BCUT2D eigenvalue weighted by molar-refractivity contribution is 5.79. The maximum atomic E-state index is 12.5. The van der Waals surface area contributed by atoms with E-state index in [2.05, 4.69) is 87.2 Å². The fourth-order valence-corrected chi connectivity index (χ4v) is 5.98. The molecule has 8 nitrogen and oxygen atoms in total. The lowest BCUT2D eigenvalue weighted by Crippen LogP contribution is -2.33. The molecule has 0 fully saturated rings. The second kappa shape index (κ2) is 18.4. The summed E-state index contributed by atoms with van der Waals surface area (Å²) >= 11 is 0. The molecule has 0 aliphatic carbocycles. The Kier molecular flexibility index (Phi) is 14.6. The van der Waals surface area contributed by atoms with Gasteiger partial charge in [0.2, 0.25) is 0 Å². The smallest absolute Gasteiger partial charge is 0.311 e. The lowest BCUT2D eigenvalue weighted by Gasteiger charge is -2.31. The first kappa shape index (κ1) is 39.8. The zero-order chi connectivity index (χ0) is 36.9. The Labute approximate surface area is 298 Å². The zero-order valence-corrected chi connectivity index (χ0v) is 31.2. The molecule has 0 aromatic heterocycles. The van der Waals surface area contributed by atoms with Gasteiger partial charge in [0.1, 0.15) is 13.2 Å². The number of nitriles is 1. The van der Waals surface area contributed by atoms with Crippen molar-refractivity contribution >= 4 is 35.0 Å². The van der Waals surface area contributed by atoms with Crippen molar-refractivity contribution < 1.29 is 28.6 Å². The third-order valence-electron chi connectivity index (χ3n) is 9.03. The van der Waals surface area contributed by atoms with Gasteiger partial charge in [0.05, 0.1) is 23.5 Å². The molecule has 0 spiro atoms. The van der Waals surface area contributed by atoms with Crippen LogP contribution < -0.4 is 4.90 Å². The quantitative estimate of drug-likeness (QED) is 0.0742. The minimum Gasteiger partial charge on any atom is -0.465 e. The molecule has 0 radical (unpaired) electrons. The highest BCUT2D eigenvalue weighted by Crippen LogP contribution is 2.39. The van der Waals surface area contributed by atoms with E-state index in [9.17, 15) is 19.6 Å². The van der Waals surface area contributed by atoms with E-state index in [1.54, 1.807) is 20.8 Å². The van der Waals surface area contributed by atoms with Gasteiger partial charge < -0.3 is 19.1 Å². The normalized spacial score (nSPS) is 12.4. The number of unbranched alkanes of at least 4 members (excludes halogenated alkanes) is 1. The van der Waals surface area contributed by atoms with Gasteiger partial charge in [-0.1, -0.05) is 49.2 Å². The van der Waals surface area contributed by atoms with Crippen molar-refractivity contribution in [3.8, 4) is 6.07 Å². The summed E-state index contributed by atoms with van der Waals surface area (Å²) in [4.78, 5) is 39.6. The molecule has 3 aromatic rings. The molecule has 50 heavy (non-hydrogen) atoms. The lowest BCUT2D eigenvalue weighted by molar-refractivity contribution is -0.156. The highest BCUT2D eigenvalue weighted by atomic mass is 16.6. The Hall–Kier alpha value is -4.64. The number of nitrogens with zero attached hydrogens (tertiary/aromatic N) is 2. The van der Waals surface area contributed by atoms with Crippen LogP contribution in [0.25, 0.3) is 0 Å². The predicted octanol–water partition coefficient (Wildman–Crippen LogP) is 9.48. The number of ether oxygens (including phenoxy) is 3. The molecule has 8 heteroatoms. The minimum absolute atomic E-state index is 0.0133. The SMILES string of the molecule is CCCCOC(=O)C(C)(C)CC(C)(C#N)CCC(=O)OCCOC(=O)CCc1ccc(N(c2ccc(C)c(C)c2)c2ccc(C)cc2C)cc1. The van der Waals surface area contributed by atoms with E-state index >= 15 is 0 Å². The van der Waals surface area contributed by atoms with Crippen molar-refractivity contribution in [1.29, 1.82) is 5.26 Å². The summed E-state index contributed by atoms with van der Waals surface area (Å²) in [5.74, 6) is -1.20. The van der Waals surface area contributed by atoms with Crippen LogP contribution in [0.4, 0.5) is 17.1 Å². The maximum Gasteiger partial charge on any atom is 0.311 e. The van der Waals surface area contributed by atoms with E-state index in [1.165, 1.54) is 22.3 Å².